The van der Waals surface area contributed by atoms with Crippen LogP contribution in [0.3, 0.4) is 0 Å². The lowest BCUT2D eigenvalue weighted by Gasteiger charge is -2.30. The van der Waals surface area contributed by atoms with Gasteiger partial charge in [0, 0.05) is 14.1 Å². The van der Waals surface area contributed by atoms with E-state index in [2.05, 4.69) is 5.32 Å². The van der Waals surface area contributed by atoms with Crippen LogP contribution >= 0.6 is 0 Å². The van der Waals surface area contributed by atoms with E-state index in [1.807, 2.05) is 19.9 Å². The first-order valence-electron chi connectivity index (χ1n) is 10.8. The van der Waals surface area contributed by atoms with E-state index >= 15 is 0 Å². The fourth-order valence-corrected chi connectivity index (χ4v) is 5.41. The number of amides is 1. The smallest absolute Gasteiger partial charge is 0.244 e. The summed E-state index contributed by atoms with van der Waals surface area (Å²) in [4.78, 5) is 13.0. The molecule has 34 heavy (non-hydrogen) atoms. The van der Waals surface area contributed by atoms with Gasteiger partial charge in [-0.25, -0.2) is 21.1 Å². The highest BCUT2D eigenvalue weighted by Crippen LogP contribution is 2.25. The molecule has 0 aliphatic heterocycles. The fraction of sp³-hybridized carbons (Fsp3) is 0.435. The maximum atomic E-state index is 12.9. The molecule has 0 aliphatic carbocycles. The summed E-state index contributed by atoms with van der Waals surface area (Å²) in [6.07, 6.45) is 1.37. The molecule has 0 unspecified atom stereocenters. The Balaban J connectivity index is 2.03. The third kappa shape index (κ3) is 6.71. The van der Waals surface area contributed by atoms with Crippen molar-refractivity contribution < 1.29 is 26.4 Å². The van der Waals surface area contributed by atoms with Crippen molar-refractivity contribution in [2.45, 2.75) is 38.1 Å². The number of aryl methyl sites for hydroxylation is 2. The van der Waals surface area contributed by atoms with Gasteiger partial charge in [0.25, 0.3) is 0 Å². The minimum atomic E-state index is -3.71. The van der Waals surface area contributed by atoms with Gasteiger partial charge in [-0.05, 0) is 67.8 Å². The van der Waals surface area contributed by atoms with E-state index in [0.717, 1.165) is 26.0 Å². The van der Waals surface area contributed by atoms with Gasteiger partial charge in [0.15, 0.2) is 0 Å². The highest BCUT2D eigenvalue weighted by atomic mass is 32.2. The molecule has 0 aliphatic rings. The molecule has 0 fully saturated rings. The summed E-state index contributed by atoms with van der Waals surface area (Å²) >= 11 is 0. The summed E-state index contributed by atoms with van der Waals surface area (Å²) in [6.45, 7) is 5.86. The summed E-state index contributed by atoms with van der Waals surface area (Å²) in [5.41, 5.74) is 2.40. The molecule has 0 radical (unpaired) electrons. The standard InChI is InChI=1S/C23H33N3O6S2/c1-7-22(26(33(6,28)29)19-9-8-17(2)18(3)16-19)23(27)24-14-15-32-20-10-12-21(13-11-20)34(30,31)25(4)5/h8-13,16,22H,7,14-15H2,1-6H3,(H,24,27)/t22-/m1/s1. The van der Waals surface area contributed by atoms with Crippen LogP contribution in [0.2, 0.25) is 0 Å². The zero-order valence-electron chi connectivity index (χ0n) is 20.4. The van der Waals surface area contributed by atoms with E-state index in [4.69, 9.17) is 4.74 Å². The third-order valence-electron chi connectivity index (χ3n) is 5.35. The summed E-state index contributed by atoms with van der Waals surface area (Å²) in [6, 6.07) is 10.4. The zero-order chi connectivity index (χ0) is 25.7. The average molecular weight is 512 g/mol. The summed E-state index contributed by atoms with van der Waals surface area (Å²) in [5.74, 6) is 0.0223. The van der Waals surface area contributed by atoms with Gasteiger partial charge in [0.2, 0.25) is 26.0 Å². The van der Waals surface area contributed by atoms with Gasteiger partial charge in [-0.15, -0.1) is 0 Å². The molecule has 1 amide bonds. The molecular formula is C23H33N3O6S2. The number of ether oxygens (including phenoxy) is 1. The van der Waals surface area contributed by atoms with Gasteiger partial charge < -0.3 is 10.1 Å². The molecule has 2 aromatic rings. The van der Waals surface area contributed by atoms with Crippen molar-refractivity contribution in [3.05, 3.63) is 53.6 Å². The van der Waals surface area contributed by atoms with Crippen molar-refractivity contribution in [1.29, 1.82) is 0 Å². The molecule has 0 spiro atoms. The van der Waals surface area contributed by atoms with Crippen LogP contribution in [0.1, 0.15) is 24.5 Å². The Hall–Kier alpha value is -2.63. The van der Waals surface area contributed by atoms with E-state index in [0.29, 0.717) is 11.4 Å². The van der Waals surface area contributed by atoms with Crippen LogP contribution < -0.4 is 14.4 Å². The largest absolute Gasteiger partial charge is 0.492 e. The number of nitrogens with zero attached hydrogens (tertiary/aromatic N) is 2. The number of rotatable bonds is 11. The fourth-order valence-electron chi connectivity index (χ4n) is 3.30. The van der Waals surface area contributed by atoms with E-state index < -0.39 is 32.0 Å². The number of hydrogen-bond donors (Lipinski definition) is 1. The van der Waals surface area contributed by atoms with Crippen molar-refractivity contribution in [1.82, 2.24) is 9.62 Å². The van der Waals surface area contributed by atoms with Crippen LogP contribution in [-0.2, 0) is 24.8 Å². The second-order valence-electron chi connectivity index (χ2n) is 8.15. The van der Waals surface area contributed by atoms with Crippen LogP contribution in [-0.4, -0.2) is 66.6 Å². The topological polar surface area (TPSA) is 113 Å². The number of nitrogens with one attached hydrogen (secondary N) is 1. The number of carbonyl (C=O) groups is 1. The third-order valence-corrected chi connectivity index (χ3v) is 8.36. The lowest BCUT2D eigenvalue weighted by Crippen LogP contribution is -2.50. The van der Waals surface area contributed by atoms with Crippen LogP contribution in [0.25, 0.3) is 0 Å². The predicted octanol–water partition coefficient (Wildman–Crippen LogP) is 2.29. The van der Waals surface area contributed by atoms with E-state index in [1.54, 1.807) is 19.1 Å². The van der Waals surface area contributed by atoms with Crippen molar-refractivity contribution in [2.75, 3.05) is 37.8 Å². The monoisotopic (exact) mass is 511 g/mol. The second-order valence-corrected chi connectivity index (χ2v) is 12.2. The van der Waals surface area contributed by atoms with Gasteiger partial charge >= 0.3 is 0 Å². The van der Waals surface area contributed by atoms with E-state index in [9.17, 15) is 21.6 Å². The molecule has 0 saturated carbocycles. The van der Waals surface area contributed by atoms with E-state index in [1.165, 1.54) is 38.4 Å². The molecule has 0 bridgehead atoms. The molecule has 1 N–H and O–H groups in total. The summed E-state index contributed by atoms with van der Waals surface area (Å²) in [7, 11) is -4.32. The van der Waals surface area contributed by atoms with Gasteiger partial charge in [-0.2, -0.15) is 0 Å². The van der Waals surface area contributed by atoms with Crippen molar-refractivity contribution >= 4 is 31.6 Å². The van der Waals surface area contributed by atoms with Crippen molar-refractivity contribution in [3.63, 3.8) is 0 Å². The Morgan fingerprint density at radius 2 is 1.62 bits per heavy atom. The highest BCUT2D eigenvalue weighted by molar-refractivity contribution is 7.92. The molecule has 2 rings (SSSR count). The summed E-state index contributed by atoms with van der Waals surface area (Å²) in [5, 5.41) is 2.73. The molecule has 0 aromatic heterocycles. The van der Waals surface area contributed by atoms with Crippen molar-refractivity contribution in [2.24, 2.45) is 0 Å². The molecule has 0 saturated heterocycles. The first-order chi connectivity index (χ1) is 15.8. The van der Waals surface area contributed by atoms with Gasteiger partial charge in [-0.3, -0.25) is 9.10 Å². The maximum Gasteiger partial charge on any atom is 0.244 e. The SMILES string of the molecule is CC[C@H](C(=O)NCCOc1ccc(S(=O)(=O)N(C)C)cc1)N(c1ccc(C)c(C)c1)S(C)(=O)=O. The summed E-state index contributed by atoms with van der Waals surface area (Å²) < 4.78 is 57.2. The first kappa shape index (κ1) is 27.6. The Kier molecular flexibility index (Phi) is 9.09. The van der Waals surface area contributed by atoms with Crippen LogP contribution in [0.5, 0.6) is 5.75 Å². The van der Waals surface area contributed by atoms with Gasteiger partial charge in [-0.1, -0.05) is 13.0 Å². The Labute approximate surface area is 202 Å². The Bertz CT molecular complexity index is 1210. The molecule has 11 heteroatoms. The molecule has 188 valence electrons. The molecule has 2 aromatic carbocycles. The normalized spacial score (nSPS) is 12.9. The van der Waals surface area contributed by atoms with Crippen LogP contribution in [0.4, 0.5) is 5.69 Å². The van der Waals surface area contributed by atoms with E-state index in [-0.39, 0.29) is 24.5 Å². The second kappa shape index (κ2) is 11.2. The predicted molar refractivity (Wildman–Crippen MR) is 133 cm³/mol. The minimum absolute atomic E-state index is 0.129. The van der Waals surface area contributed by atoms with Crippen LogP contribution in [0, 0.1) is 13.8 Å². The minimum Gasteiger partial charge on any atom is -0.492 e. The first-order valence-corrected chi connectivity index (χ1v) is 14.1. The quantitative estimate of drug-likeness (QED) is 0.463. The lowest BCUT2D eigenvalue weighted by atomic mass is 10.1. The Morgan fingerprint density at radius 1 is 1.00 bits per heavy atom. The van der Waals surface area contributed by atoms with Gasteiger partial charge in [0.05, 0.1) is 23.4 Å². The molecule has 9 nitrogen and oxygen atoms in total. The average Bonchev–Trinajstić information content (AvgIpc) is 2.76. The number of hydrogen-bond acceptors (Lipinski definition) is 6. The maximum absolute atomic E-state index is 12.9. The number of benzene rings is 2. The Morgan fingerprint density at radius 3 is 2.12 bits per heavy atom. The van der Waals surface area contributed by atoms with Crippen LogP contribution in [0.15, 0.2) is 47.4 Å². The molecular weight excluding hydrogens is 478 g/mol. The number of anilines is 1. The highest BCUT2D eigenvalue weighted by Gasteiger charge is 2.31. The number of sulfonamides is 2. The van der Waals surface area contributed by atoms with Crippen molar-refractivity contribution in [3.8, 4) is 5.75 Å². The number of carbonyl (C=O) groups excluding carboxylic acids is 1. The van der Waals surface area contributed by atoms with Gasteiger partial charge in [0.1, 0.15) is 18.4 Å². The molecule has 0 heterocycles. The lowest BCUT2D eigenvalue weighted by molar-refractivity contribution is -0.122. The molecule has 1 atom stereocenters. The zero-order valence-corrected chi connectivity index (χ0v) is 22.0.